The van der Waals surface area contributed by atoms with Gasteiger partial charge in [-0.2, -0.15) is 5.26 Å². The Morgan fingerprint density at radius 3 is 2.20 bits per heavy atom. The molecule has 0 spiro atoms. The van der Waals surface area contributed by atoms with Gasteiger partial charge in [0.25, 0.3) is 5.56 Å². The summed E-state index contributed by atoms with van der Waals surface area (Å²) in [6.07, 6.45) is 1.77. The second-order valence-electron chi connectivity index (χ2n) is 12.5. The lowest BCUT2D eigenvalue weighted by Crippen LogP contribution is -2.59. The zero-order valence-corrected chi connectivity index (χ0v) is 31.3. The maximum Gasteiger partial charge on any atom is 0.348 e. The third-order valence-corrected chi connectivity index (χ3v) is 11.0. The molecule has 0 aliphatic heterocycles. The number of hydrogen-bond donors (Lipinski definition) is 1. The summed E-state index contributed by atoms with van der Waals surface area (Å²) in [5.41, 5.74) is -2.53. The number of nitrogens with zero attached hydrogens (tertiary/aromatic N) is 3. The summed E-state index contributed by atoms with van der Waals surface area (Å²) in [6, 6.07) is 9.47. The molecule has 2 aromatic heterocycles. The van der Waals surface area contributed by atoms with Crippen molar-refractivity contribution in [3.8, 4) is 11.8 Å². The van der Waals surface area contributed by atoms with Crippen LogP contribution in [0.3, 0.4) is 0 Å². The number of nitrogens with one attached hydrogen (secondary N) is 1. The molecular weight excluding hydrogens is 644 g/mol. The molecule has 12 heteroatoms. The van der Waals surface area contributed by atoms with Gasteiger partial charge < -0.3 is 19.5 Å². The predicted octanol–water partition coefficient (Wildman–Crippen LogP) is 6.49. The molecule has 0 saturated heterocycles. The highest BCUT2D eigenvalue weighted by atomic mass is 32.1. The van der Waals surface area contributed by atoms with Crippen molar-refractivity contribution in [3.05, 3.63) is 61.1 Å². The number of aromatic nitrogens is 2. The first-order valence-corrected chi connectivity index (χ1v) is 18.2. The standard InChI is InChI=1S/C37H52N4O7S/c1-10-24(11-2)39-34(44)37(14-5,15-6)41-31(42)29-25(12-3)30(33(43)47-16-7)49-32(29)40(35(41)45)21-28(48-23-36(8,13-4)22-38)26-19-17-18-20-27(26)46-9/h17-20,24,28H,10-16,21,23H2,1-9H3,(H,39,44)/t28-,36?/m0/s1. The monoisotopic (exact) mass is 696 g/mol. The van der Waals surface area contributed by atoms with Crippen LogP contribution < -0.4 is 21.3 Å². The van der Waals surface area contributed by atoms with Crippen LogP contribution in [0, 0.1) is 16.7 Å². The van der Waals surface area contributed by atoms with Crippen LogP contribution in [0.2, 0.25) is 0 Å². The summed E-state index contributed by atoms with van der Waals surface area (Å²) in [5.74, 6) is -0.464. The molecule has 3 aromatic rings. The lowest BCUT2D eigenvalue weighted by Gasteiger charge is -2.34. The highest BCUT2D eigenvalue weighted by Crippen LogP contribution is 2.35. The van der Waals surface area contributed by atoms with Gasteiger partial charge in [0, 0.05) is 11.6 Å². The summed E-state index contributed by atoms with van der Waals surface area (Å²) in [6.45, 7) is 14.9. The highest BCUT2D eigenvalue weighted by Gasteiger charge is 2.42. The van der Waals surface area contributed by atoms with E-state index < -0.39 is 40.2 Å². The molecule has 1 unspecified atom stereocenters. The number of fused-ring (bicyclic) bond motifs is 1. The van der Waals surface area contributed by atoms with Crippen molar-refractivity contribution in [1.29, 1.82) is 5.26 Å². The quantitative estimate of drug-likeness (QED) is 0.149. The van der Waals surface area contributed by atoms with Crippen molar-refractivity contribution in [2.45, 2.75) is 118 Å². The van der Waals surface area contributed by atoms with Crippen LogP contribution in [0.5, 0.6) is 5.75 Å². The molecule has 1 amide bonds. The lowest BCUT2D eigenvalue weighted by atomic mass is 9.90. The number of thiophene rings is 1. The first kappa shape index (κ1) is 39.5. The Morgan fingerprint density at radius 1 is 1.02 bits per heavy atom. The summed E-state index contributed by atoms with van der Waals surface area (Å²) in [4.78, 5) is 57.6. The minimum Gasteiger partial charge on any atom is -0.496 e. The van der Waals surface area contributed by atoms with Crippen molar-refractivity contribution in [1.82, 2.24) is 14.5 Å². The zero-order valence-electron chi connectivity index (χ0n) is 30.4. The van der Waals surface area contributed by atoms with Gasteiger partial charge in [-0.3, -0.25) is 14.2 Å². The number of carbonyl (C=O) groups excluding carboxylic acids is 2. The largest absolute Gasteiger partial charge is 0.496 e. The van der Waals surface area contributed by atoms with E-state index in [0.717, 1.165) is 15.9 Å². The van der Waals surface area contributed by atoms with Crippen LogP contribution in [0.1, 0.15) is 114 Å². The van der Waals surface area contributed by atoms with E-state index in [1.165, 1.54) is 4.57 Å². The average molecular weight is 697 g/mol. The first-order chi connectivity index (χ1) is 23.4. The molecule has 0 fully saturated rings. The predicted molar refractivity (Wildman–Crippen MR) is 192 cm³/mol. The zero-order chi connectivity index (χ0) is 36.5. The Morgan fingerprint density at radius 2 is 1.67 bits per heavy atom. The van der Waals surface area contributed by atoms with E-state index in [4.69, 9.17) is 14.2 Å². The number of aryl methyl sites for hydroxylation is 1. The third-order valence-electron chi connectivity index (χ3n) is 9.72. The fourth-order valence-corrected chi connectivity index (χ4v) is 7.43. The fraction of sp³-hybridized carbons (Fsp3) is 0.595. The summed E-state index contributed by atoms with van der Waals surface area (Å²) < 4.78 is 20.1. The summed E-state index contributed by atoms with van der Waals surface area (Å²) >= 11 is 1.03. The van der Waals surface area contributed by atoms with Crippen molar-refractivity contribution in [2.75, 3.05) is 20.3 Å². The summed E-state index contributed by atoms with van der Waals surface area (Å²) in [5, 5.41) is 13.2. The topological polar surface area (TPSA) is 142 Å². The van der Waals surface area contributed by atoms with Gasteiger partial charge in [0.2, 0.25) is 5.91 Å². The smallest absolute Gasteiger partial charge is 0.348 e. The molecule has 0 radical (unpaired) electrons. The molecule has 0 bridgehead atoms. The van der Waals surface area contributed by atoms with Gasteiger partial charge in [0.05, 0.1) is 43.7 Å². The van der Waals surface area contributed by atoms with E-state index in [-0.39, 0.29) is 53.7 Å². The second kappa shape index (κ2) is 17.1. The molecule has 0 aliphatic rings. The molecule has 2 heterocycles. The second-order valence-corrected chi connectivity index (χ2v) is 13.5. The van der Waals surface area contributed by atoms with Crippen molar-refractivity contribution < 1.29 is 23.8 Å². The highest BCUT2D eigenvalue weighted by molar-refractivity contribution is 7.20. The lowest BCUT2D eigenvalue weighted by molar-refractivity contribution is -0.131. The van der Waals surface area contributed by atoms with Gasteiger partial charge in [-0.25, -0.2) is 14.2 Å². The van der Waals surface area contributed by atoms with Crippen LogP contribution in [-0.2, 0) is 32.8 Å². The van der Waals surface area contributed by atoms with Crippen molar-refractivity contribution in [3.63, 3.8) is 0 Å². The average Bonchev–Trinajstić information content (AvgIpc) is 3.52. The SMILES string of the molecule is CCOC(=O)c1sc2c(c1CC)c(=O)n(C(CC)(CC)C(=O)NC(CC)CC)c(=O)n2C[C@H](OCC(C)(C#N)CC)c1ccccc1OC. The number of nitriles is 1. The van der Waals surface area contributed by atoms with Gasteiger partial charge >= 0.3 is 11.7 Å². The maximum atomic E-state index is 14.9. The number of benzene rings is 1. The minimum absolute atomic E-state index is 0.0602. The Labute approximate surface area is 293 Å². The molecule has 1 N–H and O–H groups in total. The molecule has 0 aliphatic carbocycles. The van der Waals surface area contributed by atoms with Gasteiger partial charge in [-0.05, 0) is 64.0 Å². The third kappa shape index (κ3) is 7.78. The van der Waals surface area contributed by atoms with Gasteiger partial charge in [0.15, 0.2) is 0 Å². The normalized spacial score (nSPS) is 13.6. The Bertz CT molecular complexity index is 1780. The molecule has 1 aromatic carbocycles. The van der Waals surface area contributed by atoms with Crippen molar-refractivity contribution >= 4 is 33.4 Å². The molecule has 3 rings (SSSR count). The van der Waals surface area contributed by atoms with Crippen molar-refractivity contribution in [2.24, 2.45) is 5.41 Å². The Hall–Kier alpha value is -3.95. The number of amides is 1. The Kier molecular flexibility index (Phi) is 13.8. The number of hydrogen-bond acceptors (Lipinski definition) is 9. The van der Waals surface area contributed by atoms with Crippen LogP contribution in [0.15, 0.2) is 33.9 Å². The van der Waals surface area contributed by atoms with Crippen LogP contribution in [0.25, 0.3) is 10.2 Å². The van der Waals surface area contributed by atoms with Gasteiger partial charge in [0.1, 0.15) is 27.1 Å². The van der Waals surface area contributed by atoms with E-state index in [2.05, 4.69) is 11.4 Å². The Balaban J connectivity index is 2.49. The number of esters is 1. The molecule has 11 nitrogen and oxygen atoms in total. The van der Waals surface area contributed by atoms with E-state index >= 15 is 0 Å². The van der Waals surface area contributed by atoms with Crippen LogP contribution in [0.4, 0.5) is 0 Å². The van der Waals surface area contributed by atoms with E-state index in [1.807, 2.05) is 52.8 Å². The van der Waals surface area contributed by atoms with Crippen LogP contribution >= 0.6 is 11.3 Å². The minimum atomic E-state index is -1.51. The number of rotatable bonds is 18. The molecule has 49 heavy (non-hydrogen) atoms. The van der Waals surface area contributed by atoms with Crippen LogP contribution in [-0.4, -0.2) is 47.4 Å². The molecular formula is C37H52N4O7S. The van der Waals surface area contributed by atoms with Gasteiger partial charge in [-0.1, -0.05) is 59.7 Å². The fourth-order valence-electron chi connectivity index (χ4n) is 6.14. The molecule has 2 atom stereocenters. The van der Waals surface area contributed by atoms with E-state index in [1.54, 1.807) is 33.9 Å². The van der Waals surface area contributed by atoms with E-state index in [0.29, 0.717) is 42.6 Å². The summed E-state index contributed by atoms with van der Waals surface area (Å²) in [7, 11) is 1.54. The van der Waals surface area contributed by atoms with E-state index in [9.17, 15) is 24.4 Å². The van der Waals surface area contributed by atoms with Gasteiger partial charge in [-0.15, -0.1) is 11.3 Å². The molecule has 0 saturated carbocycles. The number of methoxy groups -OCH3 is 1. The maximum absolute atomic E-state index is 14.9. The number of ether oxygens (including phenoxy) is 3. The molecule has 268 valence electrons. The number of para-hydroxylation sites is 1. The number of carbonyl (C=O) groups is 2. The first-order valence-electron chi connectivity index (χ1n) is 17.4.